The summed E-state index contributed by atoms with van der Waals surface area (Å²) in [5, 5.41) is 0. The smallest absolute Gasteiger partial charge is 0.232 e. The number of rotatable bonds is 5. The third-order valence-corrected chi connectivity index (χ3v) is 4.55. The van der Waals surface area contributed by atoms with Crippen molar-refractivity contribution in [3.63, 3.8) is 0 Å². The Balaban J connectivity index is 1.49. The van der Waals surface area contributed by atoms with Gasteiger partial charge in [0, 0.05) is 6.07 Å². The van der Waals surface area contributed by atoms with E-state index in [4.69, 9.17) is 9.47 Å². The summed E-state index contributed by atoms with van der Waals surface area (Å²) in [6, 6.07) is 19.5. The molecule has 144 valence electrons. The molecule has 0 bridgehead atoms. The summed E-state index contributed by atoms with van der Waals surface area (Å²) in [4.78, 5) is 12.7. The van der Waals surface area contributed by atoms with Crippen LogP contribution in [0.3, 0.4) is 0 Å². The fourth-order valence-electron chi connectivity index (χ4n) is 3.20. The van der Waals surface area contributed by atoms with Gasteiger partial charge in [-0.05, 0) is 54.0 Å². The molecule has 0 fully saturated rings. The normalized spacial score (nSPS) is 14.3. The van der Waals surface area contributed by atoms with Crippen LogP contribution in [-0.4, -0.2) is 12.4 Å². The Labute approximate surface area is 168 Å². The van der Waals surface area contributed by atoms with Crippen LogP contribution in [0.4, 0.5) is 4.39 Å². The average molecular weight is 386 g/mol. The van der Waals surface area contributed by atoms with Crippen LogP contribution in [0.25, 0.3) is 12.2 Å². The average Bonchev–Trinajstić information content (AvgIpc) is 3.02. The van der Waals surface area contributed by atoms with Crippen molar-refractivity contribution in [1.29, 1.82) is 0 Å². The van der Waals surface area contributed by atoms with Gasteiger partial charge in [0.25, 0.3) is 0 Å². The minimum absolute atomic E-state index is 0.176. The first-order valence-corrected chi connectivity index (χ1v) is 9.29. The molecule has 0 unspecified atom stereocenters. The molecule has 1 aliphatic heterocycles. The van der Waals surface area contributed by atoms with Gasteiger partial charge in [-0.1, -0.05) is 48.5 Å². The Morgan fingerprint density at radius 1 is 1.00 bits per heavy atom. The number of halogens is 1. The van der Waals surface area contributed by atoms with E-state index in [1.807, 2.05) is 55.5 Å². The van der Waals surface area contributed by atoms with Crippen molar-refractivity contribution in [3.8, 4) is 11.5 Å². The minimum atomic E-state index is -0.363. The molecule has 29 heavy (non-hydrogen) atoms. The lowest BCUT2D eigenvalue weighted by Crippen LogP contribution is -2.00. The van der Waals surface area contributed by atoms with E-state index in [1.54, 1.807) is 24.3 Å². The molecule has 1 aliphatic rings. The molecular formula is C25H19FO3. The number of ketones is 1. The zero-order chi connectivity index (χ0) is 20.2. The molecule has 4 heteroatoms. The second kappa shape index (κ2) is 8.15. The summed E-state index contributed by atoms with van der Waals surface area (Å²) in [7, 11) is 0. The fraction of sp³-hybridized carbons (Fsp3) is 0.0800. The second-order valence-electron chi connectivity index (χ2n) is 6.73. The standard InChI is InChI=1S/C25H19FO3/c1-17-13-21(28-12-6-10-18-7-3-2-4-8-18)16-22-24(17)25(27)23(29-22)15-19-9-5-11-20(26)14-19/h2-11,13-16H,12H2,1H3/b10-6+,23-15-. The third-order valence-electron chi connectivity index (χ3n) is 4.55. The van der Waals surface area contributed by atoms with E-state index < -0.39 is 0 Å². The number of hydrogen-bond donors (Lipinski definition) is 0. The van der Waals surface area contributed by atoms with Gasteiger partial charge in [0.15, 0.2) is 5.76 Å². The third kappa shape index (κ3) is 4.27. The van der Waals surface area contributed by atoms with Gasteiger partial charge < -0.3 is 9.47 Å². The predicted octanol–water partition coefficient (Wildman–Crippen LogP) is 5.84. The molecule has 0 amide bonds. The molecule has 0 aliphatic carbocycles. The highest BCUT2D eigenvalue weighted by molar-refractivity contribution is 6.15. The van der Waals surface area contributed by atoms with Crippen LogP contribution in [0.15, 0.2) is 78.6 Å². The van der Waals surface area contributed by atoms with Crippen LogP contribution in [0.1, 0.15) is 27.0 Å². The van der Waals surface area contributed by atoms with Gasteiger partial charge in [0.2, 0.25) is 5.78 Å². The SMILES string of the molecule is Cc1cc(OC/C=C/c2ccccc2)cc2c1C(=O)/C(=C/c1cccc(F)c1)O2. The topological polar surface area (TPSA) is 35.5 Å². The second-order valence-corrected chi connectivity index (χ2v) is 6.73. The maximum Gasteiger partial charge on any atom is 0.232 e. The van der Waals surface area contributed by atoms with E-state index in [0.717, 1.165) is 11.1 Å². The number of aryl methyl sites for hydroxylation is 1. The molecule has 0 saturated carbocycles. The number of carbonyl (C=O) groups is 1. The van der Waals surface area contributed by atoms with Crippen molar-refractivity contribution in [2.24, 2.45) is 0 Å². The summed E-state index contributed by atoms with van der Waals surface area (Å²) in [6.45, 7) is 2.24. The van der Waals surface area contributed by atoms with Gasteiger partial charge in [-0.15, -0.1) is 0 Å². The highest BCUT2D eigenvalue weighted by Gasteiger charge is 2.30. The zero-order valence-electron chi connectivity index (χ0n) is 15.9. The molecule has 0 aromatic heterocycles. The minimum Gasteiger partial charge on any atom is -0.489 e. The number of fused-ring (bicyclic) bond motifs is 1. The van der Waals surface area contributed by atoms with Crippen LogP contribution < -0.4 is 9.47 Å². The van der Waals surface area contributed by atoms with Crippen molar-refractivity contribution in [2.45, 2.75) is 6.92 Å². The molecular weight excluding hydrogens is 367 g/mol. The first-order valence-electron chi connectivity index (χ1n) is 9.29. The number of hydrogen-bond acceptors (Lipinski definition) is 3. The highest BCUT2D eigenvalue weighted by atomic mass is 19.1. The summed E-state index contributed by atoms with van der Waals surface area (Å²) < 4.78 is 24.9. The molecule has 0 saturated heterocycles. The molecule has 0 spiro atoms. The molecule has 3 aromatic carbocycles. The van der Waals surface area contributed by atoms with Gasteiger partial charge in [-0.2, -0.15) is 0 Å². The largest absolute Gasteiger partial charge is 0.489 e. The van der Waals surface area contributed by atoms with Gasteiger partial charge >= 0.3 is 0 Å². The quantitative estimate of drug-likeness (QED) is 0.517. The van der Waals surface area contributed by atoms with E-state index in [9.17, 15) is 9.18 Å². The molecule has 3 aromatic rings. The van der Waals surface area contributed by atoms with Gasteiger partial charge in [-0.3, -0.25) is 4.79 Å². The van der Waals surface area contributed by atoms with Crippen molar-refractivity contribution >= 4 is 17.9 Å². The van der Waals surface area contributed by atoms with Gasteiger partial charge in [-0.25, -0.2) is 4.39 Å². The predicted molar refractivity (Wildman–Crippen MR) is 111 cm³/mol. The number of benzene rings is 3. The number of Topliss-reactive ketones (excluding diaryl/α,β-unsaturated/α-hetero) is 1. The van der Waals surface area contributed by atoms with Crippen molar-refractivity contribution in [3.05, 3.63) is 107 Å². The van der Waals surface area contributed by atoms with Crippen molar-refractivity contribution in [2.75, 3.05) is 6.61 Å². The van der Waals surface area contributed by atoms with Crippen LogP contribution in [0, 0.1) is 12.7 Å². The molecule has 3 nitrogen and oxygen atoms in total. The lowest BCUT2D eigenvalue weighted by molar-refractivity contribution is 0.101. The lowest BCUT2D eigenvalue weighted by Gasteiger charge is -2.07. The number of carbonyl (C=O) groups excluding carboxylic acids is 1. The van der Waals surface area contributed by atoms with Crippen LogP contribution in [0.2, 0.25) is 0 Å². The van der Waals surface area contributed by atoms with E-state index in [-0.39, 0.29) is 17.4 Å². The zero-order valence-corrected chi connectivity index (χ0v) is 15.9. The molecule has 0 N–H and O–H groups in total. The van der Waals surface area contributed by atoms with Gasteiger partial charge in [0.1, 0.15) is 23.9 Å². The van der Waals surface area contributed by atoms with Crippen molar-refractivity contribution in [1.82, 2.24) is 0 Å². The fourth-order valence-corrected chi connectivity index (χ4v) is 3.20. The summed E-state index contributed by atoms with van der Waals surface area (Å²) >= 11 is 0. The van der Waals surface area contributed by atoms with Gasteiger partial charge in [0.05, 0.1) is 5.56 Å². The van der Waals surface area contributed by atoms with E-state index in [2.05, 4.69) is 0 Å². The Hall–Kier alpha value is -3.66. The monoisotopic (exact) mass is 386 g/mol. The summed E-state index contributed by atoms with van der Waals surface area (Å²) in [5.74, 6) is 0.684. The lowest BCUT2D eigenvalue weighted by atomic mass is 10.0. The molecule has 0 radical (unpaired) electrons. The molecule has 4 rings (SSSR count). The van der Waals surface area contributed by atoms with E-state index in [1.165, 1.54) is 12.1 Å². The Bertz CT molecular complexity index is 1110. The maximum atomic E-state index is 13.4. The summed E-state index contributed by atoms with van der Waals surface area (Å²) in [6.07, 6.45) is 5.47. The van der Waals surface area contributed by atoms with E-state index in [0.29, 0.717) is 29.2 Å². The number of ether oxygens (including phenoxy) is 2. The Kier molecular flexibility index (Phi) is 5.25. The summed E-state index contributed by atoms with van der Waals surface area (Å²) in [5.41, 5.74) is 2.96. The Morgan fingerprint density at radius 3 is 2.59 bits per heavy atom. The molecule has 0 atom stereocenters. The van der Waals surface area contributed by atoms with Crippen molar-refractivity contribution < 1.29 is 18.7 Å². The van der Waals surface area contributed by atoms with Crippen LogP contribution >= 0.6 is 0 Å². The first kappa shape index (κ1) is 18.7. The molecule has 1 heterocycles. The highest BCUT2D eigenvalue weighted by Crippen LogP contribution is 2.37. The first-order chi connectivity index (χ1) is 14.1. The van der Waals surface area contributed by atoms with Crippen LogP contribution in [-0.2, 0) is 0 Å². The Morgan fingerprint density at radius 2 is 1.79 bits per heavy atom. The van der Waals surface area contributed by atoms with E-state index >= 15 is 0 Å². The number of allylic oxidation sites excluding steroid dienone is 1. The maximum absolute atomic E-state index is 13.4. The van der Waals surface area contributed by atoms with Crippen LogP contribution in [0.5, 0.6) is 11.5 Å².